The summed E-state index contributed by atoms with van der Waals surface area (Å²) in [6, 6.07) is 10.4. The summed E-state index contributed by atoms with van der Waals surface area (Å²) in [6.45, 7) is 2.09. The summed E-state index contributed by atoms with van der Waals surface area (Å²) in [5, 5.41) is 0.468. The molecule has 130 valence electrons. The third-order valence-corrected chi connectivity index (χ3v) is 4.41. The number of esters is 2. The van der Waals surface area contributed by atoms with E-state index in [0.717, 1.165) is 19.3 Å². The van der Waals surface area contributed by atoms with Crippen LogP contribution >= 0.6 is 11.6 Å². The largest absolute Gasteiger partial charge is 0.466 e. The minimum Gasteiger partial charge on any atom is -0.466 e. The van der Waals surface area contributed by atoms with E-state index in [1.165, 1.54) is 11.1 Å². The van der Waals surface area contributed by atoms with E-state index in [2.05, 4.69) is 0 Å². The second kappa shape index (κ2) is 7.70. The van der Waals surface area contributed by atoms with Gasteiger partial charge in [-0.15, -0.1) is 0 Å². The minimum absolute atomic E-state index is 0.0826. The molecule has 5 heteroatoms. The van der Waals surface area contributed by atoms with E-state index in [0.29, 0.717) is 28.5 Å². The number of benzene rings is 2. The van der Waals surface area contributed by atoms with E-state index in [1.807, 2.05) is 12.1 Å². The molecule has 0 saturated carbocycles. The van der Waals surface area contributed by atoms with E-state index >= 15 is 0 Å². The van der Waals surface area contributed by atoms with Crippen molar-refractivity contribution >= 4 is 23.5 Å². The molecule has 0 atom stereocenters. The van der Waals surface area contributed by atoms with Crippen LogP contribution in [0.3, 0.4) is 0 Å². The van der Waals surface area contributed by atoms with Crippen LogP contribution in [-0.4, -0.2) is 18.5 Å². The monoisotopic (exact) mass is 358 g/mol. The molecule has 4 nitrogen and oxygen atoms in total. The smallest absolute Gasteiger partial charge is 0.343 e. The first-order valence-corrected chi connectivity index (χ1v) is 8.72. The first kappa shape index (κ1) is 17.5. The Kier molecular flexibility index (Phi) is 5.39. The van der Waals surface area contributed by atoms with Crippen LogP contribution < -0.4 is 4.74 Å². The van der Waals surface area contributed by atoms with E-state index in [4.69, 9.17) is 21.1 Å². The van der Waals surface area contributed by atoms with E-state index in [-0.39, 0.29) is 12.4 Å². The minimum atomic E-state index is -0.495. The summed E-state index contributed by atoms with van der Waals surface area (Å²) in [5.41, 5.74) is 3.42. The maximum Gasteiger partial charge on any atom is 0.343 e. The number of carbonyl (C=O) groups excluding carboxylic acids is 2. The number of fused-ring (bicyclic) bond motifs is 1. The normalized spacial score (nSPS) is 12.6. The highest BCUT2D eigenvalue weighted by molar-refractivity contribution is 6.30. The summed E-state index contributed by atoms with van der Waals surface area (Å²) < 4.78 is 10.6. The average molecular weight is 359 g/mol. The maximum atomic E-state index is 12.4. The van der Waals surface area contributed by atoms with Crippen molar-refractivity contribution < 1.29 is 19.1 Å². The van der Waals surface area contributed by atoms with Gasteiger partial charge in [0.2, 0.25) is 0 Å². The van der Waals surface area contributed by atoms with Crippen molar-refractivity contribution in [2.45, 2.75) is 32.6 Å². The second-order valence-electron chi connectivity index (χ2n) is 5.96. The molecule has 1 aliphatic carbocycles. The topological polar surface area (TPSA) is 52.6 Å². The summed E-state index contributed by atoms with van der Waals surface area (Å²) in [5.74, 6) is -0.412. The third kappa shape index (κ3) is 4.20. The highest BCUT2D eigenvalue weighted by Crippen LogP contribution is 2.31. The van der Waals surface area contributed by atoms with Gasteiger partial charge < -0.3 is 9.47 Å². The third-order valence-electron chi connectivity index (χ3n) is 4.18. The Bertz CT molecular complexity index is 813. The molecule has 0 bridgehead atoms. The van der Waals surface area contributed by atoms with Crippen LogP contribution in [-0.2, 0) is 28.8 Å². The fraction of sp³-hybridized carbons (Fsp3) is 0.300. The number of hydrogen-bond donors (Lipinski definition) is 0. The number of halogens is 1. The van der Waals surface area contributed by atoms with E-state index in [9.17, 15) is 9.59 Å². The molecule has 0 amide bonds. The Morgan fingerprint density at radius 3 is 2.60 bits per heavy atom. The van der Waals surface area contributed by atoms with E-state index < -0.39 is 5.97 Å². The van der Waals surface area contributed by atoms with Crippen LogP contribution in [0.15, 0.2) is 36.4 Å². The Balaban J connectivity index is 1.88. The van der Waals surface area contributed by atoms with Gasteiger partial charge in [-0.2, -0.15) is 0 Å². The molecule has 0 fully saturated rings. The van der Waals surface area contributed by atoms with Gasteiger partial charge in [0.05, 0.1) is 18.6 Å². The van der Waals surface area contributed by atoms with Gasteiger partial charge in [-0.05, 0) is 61.6 Å². The lowest BCUT2D eigenvalue weighted by atomic mass is 10.0. The van der Waals surface area contributed by atoms with Crippen LogP contribution in [0.2, 0.25) is 5.02 Å². The molecule has 0 heterocycles. The number of ether oxygens (including phenoxy) is 2. The Morgan fingerprint density at radius 1 is 1.12 bits per heavy atom. The predicted octanol–water partition coefficient (Wildman–Crippen LogP) is 4.15. The van der Waals surface area contributed by atoms with Gasteiger partial charge in [-0.25, -0.2) is 4.79 Å². The molecule has 0 unspecified atom stereocenters. The lowest BCUT2D eigenvalue weighted by Gasteiger charge is -2.13. The zero-order valence-corrected chi connectivity index (χ0v) is 14.8. The lowest BCUT2D eigenvalue weighted by Crippen LogP contribution is -2.13. The molecule has 2 aromatic carbocycles. The van der Waals surface area contributed by atoms with Gasteiger partial charge in [0.25, 0.3) is 0 Å². The standard InChI is InChI=1S/C20H19ClO4/c1-2-24-19(22)12-16-9-13-5-3-6-14(13)11-18(16)25-20(23)15-7-4-8-17(21)10-15/h4,7-11H,2-3,5-6,12H2,1H3. The summed E-state index contributed by atoms with van der Waals surface area (Å²) in [4.78, 5) is 24.3. The molecule has 2 aromatic rings. The number of rotatable bonds is 5. The zero-order valence-electron chi connectivity index (χ0n) is 14.0. The molecule has 0 spiro atoms. The van der Waals surface area contributed by atoms with Gasteiger partial charge in [0.15, 0.2) is 0 Å². The van der Waals surface area contributed by atoms with Crippen molar-refractivity contribution in [2.75, 3.05) is 6.61 Å². The van der Waals surface area contributed by atoms with Crippen molar-refractivity contribution in [1.82, 2.24) is 0 Å². The Hall–Kier alpha value is -2.33. The van der Waals surface area contributed by atoms with Crippen molar-refractivity contribution in [1.29, 1.82) is 0 Å². The summed E-state index contributed by atoms with van der Waals surface area (Å²) >= 11 is 5.93. The quantitative estimate of drug-likeness (QED) is 0.595. The van der Waals surface area contributed by atoms with Crippen LogP contribution in [0, 0.1) is 0 Å². The van der Waals surface area contributed by atoms with Crippen molar-refractivity contribution in [3.8, 4) is 5.75 Å². The lowest BCUT2D eigenvalue weighted by molar-refractivity contribution is -0.142. The SMILES string of the molecule is CCOC(=O)Cc1cc2c(cc1OC(=O)c1cccc(Cl)c1)CCC2. The maximum absolute atomic E-state index is 12.4. The second-order valence-corrected chi connectivity index (χ2v) is 6.40. The van der Waals surface area contributed by atoms with Gasteiger partial charge in [0.1, 0.15) is 5.75 Å². The summed E-state index contributed by atoms with van der Waals surface area (Å²) in [7, 11) is 0. The molecule has 3 rings (SSSR count). The van der Waals surface area contributed by atoms with Crippen molar-refractivity contribution in [3.05, 3.63) is 63.7 Å². The number of carbonyl (C=O) groups is 2. The molecular formula is C20H19ClO4. The molecule has 0 saturated heterocycles. The van der Waals surface area contributed by atoms with Crippen molar-refractivity contribution in [3.63, 3.8) is 0 Å². The van der Waals surface area contributed by atoms with Crippen molar-refractivity contribution in [2.24, 2.45) is 0 Å². The predicted molar refractivity (Wildman–Crippen MR) is 95.2 cm³/mol. The molecule has 0 aliphatic heterocycles. The fourth-order valence-electron chi connectivity index (χ4n) is 3.03. The highest BCUT2D eigenvalue weighted by Gasteiger charge is 2.20. The fourth-order valence-corrected chi connectivity index (χ4v) is 3.22. The van der Waals surface area contributed by atoms with Crippen LogP contribution in [0.5, 0.6) is 5.75 Å². The zero-order chi connectivity index (χ0) is 17.8. The number of hydrogen-bond acceptors (Lipinski definition) is 4. The van der Waals surface area contributed by atoms with E-state index in [1.54, 1.807) is 31.2 Å². The molecule has 1 aliphatic rings. The molecular weight excluding hydrogens is 340 g/mol. The van der Waals surface area contributed by atoms with Crippen LogP contribution in [0.25, 0.3) is 0 Å². The first-order valence-electron chi connectivity index (χ1n) is 8.35. The molecule has 0 N–H and O–H groups in total. The van der Waals surface area contributed by atoms with Gasteiger partial charge in [-0.3, -0.25) is 4.79 Å². The first-order chi connectivity index (χ1) is 12.1. The highest BCUT2D eigenvalue weighted by atomic mass is 35.5. The molecule has 0 radical (unpaired) electrons. The van der Waals surface area contributed by atoms with Gasteiger partial charge >= 0.3 is 11.9 Å². The molecule has 0 aromatic heterocycles. The number of aryl methyl sites for hydroxylation is 2. The van der Waals surface area contributed by atoms with Gasteiger partial charge in [-0.1, -0.05) is 23.7 Å². The van der Waals surface area contributed by atoms with Crippen LogP contribution in [0.1, 0.15) is 40.4 Å². The summed E-state index contributed by atoms with van der Waals surface area (Å²) in [6.07, 6.45) is 3.09. The Labute approximate surface area is 151 Å². The average Bonchev–Trinajstić information content (AvgIpc) is 3.02. The molecule has 25 heavy (non-hydrogen) atoms. The Morgan fingerprint density at radius 2 is 1.88 bits per heavy atom. The van der Waals surface area contributed by atoms with Crippen LogP contribution in [0.4, 0.5) is 0 Å². The van der Waals surface area contributed by atoms with Gasteiger partial charge in [0, 0.05) is 10.6 Å².